The van der Waals surface area contributed by atoms with Gasteiger partial charge in [0, 0.05) is 12.1 Å². The topological polar surface area (TPSA) is 108 Å². The van der Waals surface area contributed by atoms with E-state index in [4.69, 9.17) is 4.74 Å². The zero-order valence-corrected chi connectivity index (χ0v) is 20.8. The van der Waals surface area contributed by atoms with E-state index >= 15 is 0 Å². The molecule has 180 valence electrons. The van der Waals surface area contributed by atoms with Gasteiger partial charge >= 0.3 is 6.09 Å². The van der Waals surface area contributed by atoms with Crippen molar-refractivity contribution in [2.24, 2.45) is 0 Å². The van der Waals surface area contributed by atoms with Crippen LogP contribution in [0.3, 0.4) is 0 Å². The van der Waals surface area contributed by atoms with Crippen LogP contribution in [0.5, 0.6) is 0 Å². The molecule has 0 saturated heterocycles. The summed E-state index contributed by atoms with van der Waals surface area (Å²) >= 11 is 0. The highest BCUT2D eigenvalue weighted by molar-refractivity contribution is 5.92. The number of nitrogens with one attached hydrogen (secondary N) is 2. The van der Waals surface area contributed by atoms with Crippen LogP contribution >= 0.6 is 0 Å². The largest absolute Gasteiger partial charge is 0.444 e. The normalized spacial score (nSPS) is 13.7. The highest BCUT2D eigenvalue weighted by Crippen LogP contribution is 2.27. The molecule has 0 fully saturated rings. The third-order valence-corrected chi connectivity index (χ3v) is 4.57. The van der Waals surface area contributed by atoms with Crippen LogP contribution in [0.25, 0.3) is 0 Å². The van der Waals surface area contributed by atoms with E-state index in [2.05, 4.69) is 10.6 Å². The second-order valence-corrected chi connectivity index (χ2v) is 10.0. The van der Waals surface area contributed by atoms with Crippen LogP contribution < -0.4 is 10.6 Å². The lowest BCUT2D eigenvalue weighted by molar-refractivity contribution is -0.143. The number of carbonyl (C=O) groups is 3. The van der Waals surface area contributed by atoms with Gasteiger partial charge in [0.2, 0.25) is 11.8 Å². The van der Waals surface area contributed by atoms with Crippen LogP contribution in [0.4, 0.5) is 4.79 Å². The van der Waals surface area contributed by atoms with Crippen LogP contribution in [0.15, 0.2) is 18.2 Å². The third kappa shape index (κ3) is 8.15. The molecule has 1 aromatic carbocycles. The van der Waals surface area contributed by atoms with E-state index < -0.39 is 41.8 Å². The molecular weight excluding hydrogens is 410 g/mol. The van der Waals surface area contributed by atoms with Crippen molar-refractivity contribution in [1.29, 1.82) is 0 Å². The first kappa shape index (κ1) is 27.4. The molecule has 8 nitrogen and oxygen atoms in total. The number of carbonyl (C=O) groups excluding carboxylic acids is 3. The molecule has 0 aromatic heterocycles. The van der Waals surface area contributed by atoms with Gasteiger partial charge in [-0.05, 0) is 73.4 Å². The number of aliphatic hydroxyl groups is 1. The van der Waals surface area contributed by atoms with Crippen molar-refractivity contribution in [2.75, 3.05) is 13.2 Å². The Labute approximate surface area is 191 Å². The third-order valence-electron chi connectivity index (χ3n) is 4.57. The average Bonchev–Trinajstić information content (AvgIpc) is 2.61. The molecule has 0 saturated carbocycles. The number of rotatable bonds is 7. The van der Waals surface area contributed by atoms with Gasteiger partial charge < -0.3 is 25.4 Å². The summed E-state index contributed by atoms with van der Waals surface area (Å²) in [6.45, 7) is 15.9. The maximum atomic E-state index is 13.4. The molecule has 0 radical (unpaired) electrons. The Bertz CT molecular complexity index is 824. The molecule has 0 spiro atoms. The molecule has 8 heteroatoms. The van der Waals surface area contributed by atoms with Gasteiger partial charge in [-0.25, -0.2) is 4.79 Å². The Morgan fingerprint density at radius 1 is 1.09 bits per heavy atom. The Kier molecular flexibility index (Phi) is 9.26. The summed E-state index contributed by atoms with van der Waals surface area (Å²) in [7, 11) is 0. The van der Waals surface area contributed by atoms with E-state index in [0.717, 1.165) is 11.1 Å². The molecule has 0 bridgehead atoms. The van der Waals surface area contributed by atoms with Gasteiger partial charge in [0.15, 0.2) is 0 Å². The Balaban J connectivity index is 3.35. The lowest BCUT2D eigenvalue weighted by Crippen LogP contribution is -2.55. The van der Waals surface area contributed by atoms with Crippen LogP contribution in [0.2, 0.25) is 0 Å². The number of likely N-dealkylation sites (N-methyl/N-ethyl adjacent to an activating group) is 1. The zero-order chi connectivity index (χ0) is 24.9. The number of alkyl carbamates (subject to hydrolysis) is 1. The zero-order valence-electron chi connectivity index (χ0n) is 20.8. The summed E-state index contributed by atoms with van der Waals surface area (Å²) in [6.07, 6.45) is -0.817. The van der Waals surface area contributed by atoms with Gasteiger partial charge in [0.1, 0.15) is 17.7 Å². The van der Waals surface area contributed by atoms with Gasteiger partial charge in [-0.1, -0.05) is 23.8 Å². The van der Waals surface area contributed by atoms with Crippen molar-refractivity contribution in [3.05, 3.63) is 34.9 Å². The Morgan fingerprint density at radius 2 is 1.69 bits per heavy atom. The maximum Gasteiger partial charge on any atom is 0.408 e. The number of nitrogens with zero attached hydrogens (tertiary/aromatic N) is 1. The predicted molar refractivity (Wildman–Crippen MR) is 124 cm³/mol. The second kappa shape index (κ2) is 10.8. The van der Waals surface area contributed by atoms with E-state index in [-0.39, 0.29) is 12.5 Å². The molecule has 1 aromatic rings. The van der Waals surface area contributed by atoms with Crippen LogP contribution in [0.1, 0.15) is 71.2 Å². The fraction of sp³-hybridized carbons (Fsp3) is 0.625. The van der Waals surface area contributed by atoms with E-state index in [9.17, 15) is 19.5 Å². The SMILES string of the molecule is CCN(C(=O)C(CO)NC(=O)OC(C)(C)C)C(C(=O)NC(C)(C)C)c1ccc(C)cc1C. The van der Waals surface area contributed by atoms with E-state index in [0.29, 0.717) is 5.56 Å². The Hall–Kier alpha value is -2.61. The number of aryl methyl sites for hydroxylation is 2. The fourth-order valence-corrected chi connectivity index (χ4v) is 3.32. The fourth-order valence-electron chi connectivity index (χ4n) is 3.32. The highest BCUT2D eigenvalue weighted by Gasteiger charge is 2.37. The molecule has 0 aliphatic carbocycles. The summed E-state index contributed by atoms with van der Waals surface area (Å²) in [5, 5.41) is 15.2. The number of benzene rings is 1. The number of aliphatic hydroxyl groups excluding tert-OH is 1. The van der Waals surface area contributed by atoms with Crippen molar-refractivity contribution >= 4 is 17.9 Å². The van der Waals surface area contributed by atoms with Crippen molar-refractivity contribution in [3.8, 4) is 0 Å². The maximum absolute atomic E-state index is 13.4. The smallest absolute Gasteiger partial charge is 0.408 e. The summed E-state index contributed by atoms with van der Waals surface area (Å²) in [5.41, 5.74) is 1.32. The van der Waals surface area contributed by atoms with Crippen molar-refractivity contribution in [3.63, 3.8) is 0 Å². The number of amides is 3. The molecule has 0 aliphatic rings. The minimum absolute atomic E-state index is 0.195. The van der Waals surface area contributed by atoms with Gasteiger partial charge in [-0.2, -0.15) is 0 Å². The quantitative estimate of drug-likeness (QED) is 0.593. The van der Waals surface area contributed by atoms with Crippen LogP contribution in [-0.4, -0.2) is 58.2 Å². The molecule has 2 unspecified atom stereocenters. The summed E-state index contributed by atoms with van der Waals surface area (Å²) in [4.78, 5) is 40.3. The number of hydrogen-bond donors (Lipinski definition) is 3. The standard InChI is InChI=1S/C24H39N3O5/c1-10-27(21(30)18(14-28)25-22(31)32-24(7,8)9)19(20(29)26-23(4,5)6)17-12-11-15(2)13-16(17)3/h11-13,18-19,28H,10,14H2,1-9H3,(H,25,31)(H,26,29). The van der Waals surface area contributed by atoms with E-state index in [1.165, 1.54) is 4.90 Å². The van der Waals surface area contributed by atoms with Gasteiger partial charge in [0.25, 0.3) is 0 Å². The van der Waals surface area contributed by atoms with Crippen molar-refractivity contribution in [1.82, 2.24) is 15.5 Å². The molecule has 2 atom stereocenters. The van der Waals surface area contributed by atoms with Gasteiger partial charge in [-0.3, -0.25) is 9.59 Å². The monoisotopic (exact) mass is 449 g/mol. The number of ether oxygens (including phenoxy) is 1. The molecule has 32 heavy (non-hydrogen) atoms. The lowest BCUT2D eigenvalue weighted by Gasteiger charge is -2.35. The molecule has 3 amide bonds. The second-order valence-electron chi connectivity index (χ2n) is 10.0. The summed E-state index contributed by atoms with van der Waals surface area (Å²) < 4.78 is 5.21. The first-order valence-corrected chi connectivity index (χ1v) is 10.9. The molecule has 1 rings (SSSR count). The van der Waals surface area contributed by atoms with Gasteiger partial charge in [0.05, 0.1) is 6.61 Å². The molecular formula is C24H39N3O5. The number of hydrogen-bond acceptors (Lipinski definition) is 5. The van der Waals surface area contributed by atoms with Crippen molar-refractivity contribution in [2.45, 2.75) is 85.5 Å². The first-order chi connectivity index (χ1) is 14.6. The first-order valence-electron chi connectivity index (χ1n) is 10.9. The molecule has 3 N–H and O–H groups in total. The minimum atomic E-state index is -1.25. The highest BCUT2D eigenvalue weighted by atomic mass is 16.6. The summed E-state index contributed by atoms with van der Waals surface area (Å²) in [6, 6.07) is 3.50. The van der Waals surface area contributed by atoms with Crippen molar-refractivity contribution < 1.29 is 24.2 Å². The lowest BCUT2D eigenvalue weighted by atomic mass is 9.95. The molecule has 0 aliphatic heterocycles. The average molecular weight is 450 g/mol. The Morgan fingerprint density at radius 3 is 2.12 bits per heavy atom. The summed E-state index contributed by atoms with van der Waals surface area (Å²) in [5.74, 6) is -0.913. The van der Waals surface area contributed by atoms with Crippen LogP contribution in [0, 0.1) is 13.8 Å². The molecule has 0 heterocycles. The van der Waals surface area contributed by atoms with E-state index in [1.807, 2.05) is 52.8 Å². The predicted octanol–water partition coefficient (Wildman–Crippen LogP) is 2.99. The minimum Gasteiger partial charge on any atom is -0.444 e. The van der Waals surface area contributed by atoms with E-state index in [1.54, 1.807) is 27.7 Å². The van der Waals surface area contributed by atoms with Crippen LogP contribution in [-0.2, 0) is 14.3 Å². The van der Waals surface area contributed by atoms with Gasteiger partial charge in [-0.15, -0.1) is 0 Å².